The van der Waals surface area contributed by atoms with Gasteiger partial charge in [0.25, 0.3) is 0 Å². The molecule has 1 atom stereocenters. The number of furan rings is 1. The molecule has 3 rings (SSSR count). The number of ether oxygens (including phenoxy) is 1. The van der Waals surface area contributed by atoms with Gasteiger partial charge >= 0.3 is 0 Å². The normalized spacial score (nSPS) is 27.6. The van der Waals surface area contributed by atoms with Gasteiger partial charge in [0.15, 0.2) is 5.76 Å². The van der Waals surface area contributed by atoms with Gasteiger partial charge in [-0.3, -0.25) is 4.79 Å². The topological polar surface area (TPSA) is 39.4 Å². The smallest absolute Gasteiger partial charge is 0.201 e. The zero-order valence-corrected chi connectivity index (χ0v) is 9.28. The lowest BCUT2D eigenvalue weighted by molar-refractivity contribution is -0.137. The summed E-state index contributed by atoms with van der Waals surface area (Å²) in [6.45, 7) is 0.719. The molecule has 0 aromatic carbocycles. The molecule has 0 amide bonds. The van der Waals surface area contributed by atoms with Crippen LogP contribution in [0.25, 0.3) is 0 Å². The molecule has 1 aromatic heterocycles. The van der Waals surface area contributed by atoms with Crippen molar-refractivity contribution in [2.24, 2.45) is 5.92 Å². The Morgan fingerprint density at radius 1 is 1.44 bits per heavy atom. The minimum Gasteiger partial charge on any atom is -0.461 e. The van der Waals surface area contributed by atoms with E-state index in [1.165, 1.54) is 6.42 Å². The van der Waals surface area contributed by atoms with E-state index in [2.05, 4.69) is 0 Å². The molecule has 2 aliphatic rings. The van der Waals surface area contributed by atoms with Crippen molar-refractivity contribution in [3.8, 4) is 0 Å². The van der Waals surface area contributed by atoms with E-state index in [1.54, 1.807) is 18.4 Å². The molecule has 1 spiro atoms. The Morgan fingerprint density at radius 3 is 2.94 bits per heavy atom. The molecule has 1 aliphatic carbocycles. The van der Waals surface area contributed by atoms with Crippen LogP contribution in [0, 0.1) is 5.92 Å². The van der Waals surface area contributed by atoms with Gasteiger partial charge in [0.1, 0.15) is 0 Å². The van der Waals surface area contributed by atoms with Crippen LogP contribution >= 0.6 is 0 Å². The average molecular weight is 220 g/mol. The second-order valence-electron chi connectivity index (χ2n) is 4.92. The number of rotatable bonds is 2. The monoisotopic (exact) mass is 220 g/mol. The second-order valence-corrected chi connectivity index (χ2v) is 4.92. The van der Waals surface area contributed by atoms with E-state index >= 15 is 0 Å². The molecular weight excluding hydrogens is 204 g/mol. The van der Waals surface area contributed by atoms with Crippen LogP contribution in [0.15, 0.2) is 22.8 Å². The lowest BCUT2D eigenvalue weighted by Gasteiger charge is -2.46. The first kappa shape index (κ1) is 10.1. The summed E-state index contributed by atoms with van der Waals surface area (Å²) >= 11 is 0. The number of ketones is 1. The molecule has 0 bridgehead atoms. The fourth-order valence-corrected chi connectivity index (χ4v) is 2.79. The second kappa shape index (κ2) is 3.74. The van der Waals surface area contributed by atoms with Crippen molar-refractivity contribution < 1.29 is 13.9 Å². The maximum atomic E-state index is 12.1. The summed E-state index contributed by atoms with van der Waals surface area (Å²) in [7, 11) is 0. The highest BCUT2D eigenvalue weighted by Crippen LogP contribution is 2.44. The van der Waals surface area contributed by atoms with E-state index < -0.39 is 0 Å². The van der Waals surface area contributed by atoms with Gasteiger partial charge in [-0.1, -0.05) is 0 Å². The molecule has 0 radical (unpaired) electrons. The Morgan fingerprint density at radius 2 is 2.31 bits per heavy atom. The number of carbonyl (C=O) groups excluding carboxylic acids is 1. The standard InChI is InChI=1S/C13H16O3/c14-12(11-3-1-7-15-11)10-4-8-16-13(9-10)5-2-6-13/h1,3,7,10H,2,4-6,8-9H2. The first-order valence-electron chi connectivity index (χ1n) is 6.01. The quantitative estimate of drug-likeness (QED) is 0.719. The van der Waals surface area contributed by atoms with Crippen LogP contribution in [-0.2, 0) is 4.74 Å². The van der Waals surface area contributed by atoms with Gasteiger partial charge in [-0.2, -0.15) is 0 Å². The molecule has 16 heavy (non-hydrogen) atoms. The summed E-state index contributed by atoms with van der Waals surface area (Å²) in [6, 6.07) is 3.52. The van der Waals surface area contributed by atoms with Gasteiger partial charge in [-0.25, -0.2) is 0 Å². The first-order valence-corrected chi connectivity index (χ1v) is 6.01. The van der Waals surface area contributed by atoms with Gasteiger partial charge in [0.05, 0.1) is 11.9 Å². The van der Waals surface area contributed by atoms with E-state index in [1.807, 2.05) is 0 Å². The van der Waals surface area contributed by atoms with E-state index in [0.29, 0.717) is 5.76 Å². The maximum Gasteiger partial charge on any atom is 0.201 e. The number of Topliss-reactive ketones (excluding diaryl/α,β-unsaturated/α-hetero) is 1. The summed E-state index contributed by atoms with van der Waals surface area (Å²) in [6.07, 6.45) is 6.75. The zero-order valence-electron chi connectivity index (χ0n) is 9.28. The Hall–Kier alpha value is -1.09. The molecule has 3 heteroatoms. The lowest BCUT2D eigenvalue weighted by atomic mass is 9.71. The summed E-state index contributed by atoms with van der Waals surface area (Å²) in [5.41, 5.74) is 0.0329. The van der Waals surface area contributed by atoms with E-state index in [-0.39, 0.29) is 17.3 Å². The molecule has 2 heterocycles. The molecule has 1 unspecified atom stereocenters. The molecule has 2 fully saturated rings. The van der Waals surface area contributed by atoms with Crippen molar-refractivity contribution in [3.63, 3.8) is 0 Å². The van der Waals surface area contributed by atoms with Crippen LogP contribution in [0.1, 0.15) is 42.7 Å². The molecule has 1 saturated carbocycles. The average Bonchev–Trinajstić information content (AvgIpc) is 2.79. The van der Waals surface area contributed by atoms with Crippen LogP contribution in [0.2, 0.25) is 0 Å². The third kappa shape index (κ3) is 1.59. The van der Waals surface area contributed by atoms with Crippen molar-refractivity contribution >= 4 is 5.78 Å². The Bertz CT molecular complexity index is 376. The third-order valence-electron chi connectivity index (χ3n) is 3.89. The van der Waals surface area contributed by atoms with Gasteiger partial charge in [0.2, 0.25) is 5.78 Å². The first-order chi connectivity index (χ1) is 7.79. The van der Waals surface area contributed by atoms with Crippen LogP contribution in [-0.4, -0.2) is 18.0 Å². The molecule has 1 aliphatic heterocycles. The van der Waals surface area contributed by atoms with Crippen molar-refractivity contribution in [2.75, 3.05) is 6.61 Å². The van der Waals surface area contributed by atoms with Crippen molar-refractivity contribution in [3.05, 3.63) is 24.2 Å². The van der Waals surface area contributed by atoms with E-state index in [4.69, 9.17) is 9.15 Å². The van der Waals surface area contributed by atoms with Crippen molar-refractivity contribution in [1.29, 1.82) is 0 Å². The molecule has 1 saturated heterocycles. The highest BCUT2D eigenvalue weighted by Gasteiger charge is 2.44. The number of hydrogen-bond acceptors (Lipinski definition) is 3. The summed E-state index contributed by atoms with van der Waals surface area (Å²) in [5.74, 6) is 0.751. The Kier molecular flexibility index (Phi) is 2.36. The minimum absolute atomic E-state index is 0.0329. The molecular formula is C13H16O3. The lowest BCUT2D eigenvalue weighted by Crippen LogP contribution is -2.47. The van der Waals surface area contributed by atoms with E-state index in [0.717, 1.165) is 32.3 Å². The minimum atomic E-state index is 0.0329. The Labute approximate surface area is 94.8 Å². The summed E-state index contributed by atoms with van der Waals surface area (Å²) in [4.78, 5) is 12.1. The van der Waals surface area contributed by atoms with Crippen LogP contribution in [0.4, 0.5) is 0 Å². The highest BCUT2D eigenvalue weighted by atomic mass is 16.5. The largest absolute Gasteiger partial charge is 0.461 e. The predicted octanol–water partition coefficient (Wildman–Crippen LogP) is 2.81. The number of carbonyl (C=O) groups is 1. The maximum absolute atomic E-state index is 12.1. The van der Waals surface area contributed by atoms with Gasteiger partial charge in [-0.05, 0) is 44.2 Å². The fraction of sp³-hybridized carbons (Fsp3) is 0.615. The molecule has 3 nitrogen and oxygen atoms in total. The zero-order chi connectivity index (χ0) is 11.0. The van der Waals surface area contributed by atoms with Crippen LogP contribution in [0.3, 0.4) is 0 Å². The van der Waals surface area contributed by atoms with Crippen molar-refractivity contribution in [2.45, 2.75) is 37.7 Å². The fourth-order valence-electron chi connectivity index (χ4n) is 2.79. The van der Waals surface area contributed by atoms with Crippen LogP contribution < -0.4 is 0 Å². The predicted molar refractivity (Wildman–Crippen MR) is 58.3 cm³/mol. The Balaban J connectivity index is 1.73. The third-order valence-corrected chi connectivity index (χ3v) is 3.89. The highest BCUT2D eigenvalue weighted by molar-refractivity contribution is 5.95. The van der Waals surface area contributed by atoms with Crippen LogP contribution in [0.5, 0.6) is 0 Å². The molecule has 86 valence electrons. The van der Waals surface area contributed by atoms with Gasteiger partial charge < -0.3 is 9.15 Å². The number of hydrogen-bond donors (Lipinski definition) is 0. The summed E-state index contributed by atoms with van der Waals surface area (Å²) < 4.78 is 11.0. The van der Waals surface area contributed by atoms with Gasteiger partial charge in [0, 0.05) is 12.5 Å². The molecule has 0 N–H and O–H groups in total. The molecule has 1 aromatic rings. The summed E-state index contributed by atoms with van der Waals surface area (Å²) in [5, 5.41) is 0. The van der Waals surface area contributed by atoms with Crippen molar-refractivity contribution in [1.82, 2.24) is 0 Å². The SMILES string of the molecule is O=C(c1ccco1)C1CCOC2(CCC2)C1. The van der Waals surface area contributed by atoms with Gasteiger partial charge in [-0.15, -0.1) is 0 Å². The van der Waals surface area contributed by atoms with E-state index in [9.17, 15) is 4.79 Å².